The minimum atomic E-state index is -0.396. The monoisotopic (exact) mass is 527 g/mol. The Hall–Kier alpha value is -5.11. The number of imidazole rings is 1. The van der Waals surface area contributed by atoms with Crippen molar-refractivity contribution in [2.24, 2.45) is 5.92 Å². The van der Waals surface area contributed by atoms with Crippen molar-refractivity contribution >= 4 is 33.7 Å². The second-order valence-corrected chi connectivity index (χ2v) is 10.2. The minimum Gasteiger partial charge on any atom is -0.382 e. The lowest BCUT2D eigenvalue weighted by atomic mass is 10.0. The van der Waals surface area contributed by atoms with Crippen molar-refractivity contribution in [2.75, 3.05) is 5.73 Å². The zero-order valence-electron chi connectivity index (χ0n) is 22.4. The average Bonchev–Trinajstić information content (AvgIpc) is 3.38. The number of benzene rings is 3. The lowest BCUT2D eigenvalue weighted by Crippen LogP contribution is -2.26. The van der Waals surface area contributed by atoms with Gasteiger partial charge in [-0.1, -0.05) is 68.4 Å². The molecule has 0 atom stereocenters. The summed E-state index contributed by atoms with van der Waals surface area (Å²) in [6, 6.07) is 25.5. The normalized spacial score (nSPS) is 11.4. The summed E-state index contributed by atoms with van der Waals surface area (Å²) in [7, 11) is 0. The zero-order valence-corrected chi connectivity index (χ0v) is 22.4. The standard InChI is InChI=1S/C32H29N7O/c1-20(2)18-39-19-36-27-24(10-6-12-26(27)39)17-35-32(40)30-31(33)38-28(21-8-4-3-5-9-21)29(37-30)23-13-14-25-22(16-23)11-7-15-34-25/h3-16,19-20H,17-18H2,1-2H3,(H2,33,38)(H,35,40). The van der Waals surface area contributed by atoms with E-state index in [1.165, 1.54) is 0 Å². The predicted octanol–water partition coefficient (Wildman–Crippen LogP) is 5.88. The summed E-state index contributed by atoms with van der Waals surface area (Å²) in [5.74, 6) is 0.170. The number of para-hydroxylation sites is 1. The highest BCUT2D eigenvalue weighted by Gasteiger charge is 2.20. The number of nitrogen functional groups attached to an aromatic ring is 1. The predicted molar refractivity (Wildman–Crippen MR) is 158 cm³/mol. The number of pyridine rings is 1. The highest BCUT2D eigenvalue weighted by Crippen LogP contribution is 2.32. The molecule has 198 valence electrons. The Balaban J connectivity index is 1.36. The molecule has 6 rings (SSSR count). The van der Waals surface area contributed by atoms with E-state index in [-0.39, 0.29) is 18.1 Å². The SMILES string of the molecule is CC(C)Cn1cnc2c(CNC(=O)c3nc(-c4ccc5ncccc5c4)c(-c4ccccc4)nc3N)cccc21. The van der Waals surface area contributed by atoms with Crippen LogP contribution in [0.15, 0.2) is 91.4 Å². The number of hydrogen-bond donors (Lipinski definition) is 2. The molecule has 0 aliphatic rings. The third-order valence-corrected chi connectivity index (χ3v) is 6.80. The van der Waals surface area contributed by atoms with Crippen molar-refractivity contribution in [3.05, 3.63) is 103 Å². The van der Waals surface area contributed by atoms with Crippen LogP contribution >= 0.6 is 0 Å². The van der Waals surface area contributed by atoms with Gasteiger partial charge < -0.3 is 15.6 Å². The number of anilines is 1. The van der Waals surface area contributed by atoms with E-state index in [2.05, 4.69) is 38.7 Å². The molecule has 40 heavy (non-hydrogen) atoms. The Kier molecular flexibility index (Phi) is 6.66. The van der Waals surface area contributed by atoms with Crippen LogP contribution in [0.1, 0.15) is 29.9 Å². The quantitative estimate of drug-likeness (QED) is 0.268. The molecular formula is C32H29N7O. The highest BCUT2D eigenvalue weighted by molar-refractivity contribution is 5.98. The van der Waals surface area contributed by atoms with Gasteiger partial charge in [0.2, 0.25) is 0 Å². The van der Waals surface area contributed by atoms with E-state index in [1.807, 2.05) is 85.2 Å². The third-order valence-electron chi connectivity index (χ3n) is 6.80. The first-order valence-electron chi connectivity index (χ1n) is 13.3. The van der Waals surface area contributed by atoms with E-state index in [9.17, 15) is 4.79 Å². The van der Waals surface area contributed by atoms with Gasteiger partial charge >= 0.3 is 0 Å². The van der Waals surface area contributed by atoms with Crippen molar-refractivity contribution < 1.29 is 4.79 Å². The second-order valence-electron chi connectivity index (χ2n) is 10.2. The number of rotatable bonds is 7. The molecule has 3 aromatic carbocycles. The van der Waals surface area contributed by atoms with E-state index in [0.717, 1.165) is 45.2 Å². The van der Waals surface area contributed by atoms with Crippen LogP contribution in [-0.2, 0) is 13.1 Å². The van der Waals surface area contributed by atoms with Crippen LogP contribution in [0.2, 0.25) is 0 Å². The summed E-state index contributed by atoms with van der Waals surface area (Å²) < 4.78 is 2.14. The van der Waals surface area contributed by atoms with Gasteiger partial charge in [-0.2, -0.15) is 0 Å². The summed E-state index contributed by atoms with van der Waals surface area (Å²) in [5, 5.41) is 3.95. The number of hydrogen-bond acceptors (Lipinski definition) is 6. The van der Waals surface area contributed by atoms with Gasteiger partial charge in [0, 0.05) is 35.8 Å². The summed E-state index contributed by atoms with van der Waals surface area (Å²) in [6.07, 6.45) is 3.62. The Bertz CT molecular complexity index is 1840. The number of fused-ring (bicyclic) bond motifs is 2. The van der Waals surface area contributed by atoms with Crippen molar-refractivity contribution in [3.8, 4) is 22.5 Å². The van der Waals surface area contributed by atoms with Gasteiger partial charge in [-0.3, -0.25) is 9.78 Å². The molecule has 0 spiro atoms. The molecule has 1 amide bonds. The number of nitrogens with one attached hydrogen (secondary N) is 1. The van der Waals surface area contributed by atoms with Crippen LogP contribution in [0.5, 0.6) is 0 Å². The lowest BCUT2D eigenvalue weighted by Gasteiger charge is -2.14. The van der Waals surface area contributed by atoms with Crippen LogP contribution < -0.4 is 11.1 Å². The fraction of sp³-hybridized carbons (Fsp3) is 0.156. The van der Waals surface area contributed by atoms with E-state index in [1.54, 1.807) is 6.20 Å². The Morgan fingerprint density at radius 3 is 2.55 bits per heavy atom. The number of carbonyl (C=O) groups excluding carboxylic acids is 1. The van der Waals surface area contributed by atoms with Crippen LogP contribution in [0.4, 0.5) is 5.82 Å². The highest BCUT2D eigenvalue weighted by atomic mass is 16.1. The molecule has 3 aromatic heterocycles. The first-order valence-corrected chi connectivity index (χ1v) is 13.3. The van der Waals surface area contributed by atoms with Crippen molar-refractivity contribution in [1.82, 2.24) is 29.8 Å². The molecular weight excluding hydrogens is 498 g/mol. The fourth-order valence-corrected chi connectivity index (χ4v) is 4.93. The van der Waals surface area contributed by atoms with E-state index < -0.39 is 5.91 Å². The van der Waals surface area contributed by atoms with Gasteiger partial charge in [-0.25, -0.2) is 15.0 Å². The number of carbonyl (C=O) groups is 1. The topological polar surface area (TPSA) is 112 Å². The number of amides is 1. The van der Waals surface area contributed by atoms with Gasteiger partial charge in [0.25, 0.3) is 5.91 Å². The van der Waals surface area contributed by atoms with E-state index in [4.69, 9.17) is 10.7 Å². The molecule has 8 heteroatoms. The van der Waals surface area contributed by atoms with Crippen LogP contribution in [0.25, 0.3) is 44.5 Å². The number of nitrogens with two attached hydrogens (primary N) is 1. The molecule has 0 bridgehead atoms. The van der Waals surface area contributed by atoms with Gasteiger partial charge in [0.1, 0.15) is 0 Å². The van der Waals surface area contributed by atoms with Gasteiger partial charge in [-0.15, -0.1) is 0 Å². The summed E-state index contributed by atoms with van der Waals surface area (Å²) in [4.78, 5) is 32.0. The average molecular weight is 528 g/mol. The largest absolute Gasteiger partial charge is 0.382 e. The lowest BCUT2D eigenvalue weighted by molar-refractivity contribution is 0.0947. The first kappa shape index (κ1) is 25.2. The van der Waals surface area contributed by atoms with Gasteiger partial charge in [0.15, 0.2) is 11.5 Å². The number of aromatic nitrogens is 5. The summed E-state index contributed by atoms with van der Waals surface area (Å²) in [5.41, 5.74) is 13.0. The van der Waals surface area contributed by atoms with Crippen LogP contribution in [0.3, 0.4) is 0 Å². The van der Waals surface area contributed by atoms with Crippen molar-refractivity contribution in [3.63, 3.8) is 0 Å². The second kappa shape index (κ2) is 10.6. The maximum absolute atomic E-state index is 13.4. The first-order chi connectivity index (χ1) is 19.5. The molecule has 3 heterocycles. The third kappa shape index (κ3) is 4.87. The molecule has 6 aromatic rings. The molecule has 0 saturated carbocycles. The molecule has 3 N–H and O–H groups in total. The number of nitrogens with zero attached hydrogens (tertiary/aromatic N) is 5. The van der Waals surface area contributed by atoms with Gasteiger partial charge in [0.05, 0.1) is 34.3 Å². The molecule has 0 fully saturated rings. The molecule has 0 unspecified atom stereocenters. The van der Waals surface area contributed by atoms with Crippen molar-refractivity contribution in [1.29, 1.82) is 0 Å². The fourth-order valence-electron chi connectivity index (χ4n) is 4.93. The maximum Gasteiger partial charge on any atom is 0.274 e. The van der Waals surface area contributed by atoms with Crippen LogP contribution in [0, 0.1) is 5.92 Å². The zero-order chi connectivity index (χ0) is 27.6. The molecule has 0 radical (unpaired) electrons. The van der Waals surface area contributed by atoms with E-state index >= 15 is 0 Å². The van der Waals surface area contributed by atoms with E-state index in [0.29, 0.717) is 17.3 Å². The molecule has 0 saturated heterocycles. The Morgan fingerprint density at radius 1 is 0.900 bits per heavy atom. The minimum absolute atomic E-state index is 0.0713. The summed E-state index contributed by atoms with van der Waals surface area (Å²) >= 11 is 0. The van der Waals surface area contributed by atoms with Crippen molar-refractivity contribution in [2.45, 2.75) is 26.9 Å². The van der Waals surface area contributed by atoms with Gasteiger partial charge in [-0.05, 0) is 35.7 Å². The molecule has 0 aliphatic carbocycles. The van der Waals surface area contributed by atoms with Crippen LogP contribution in [-0.4, -0.2) is 30.4 Å². The molecule has 8 nitrogen and oxygen atoms in total. The molecule has 0 aliphatic heterocycles. The smallest absolute Gasteiger partial charge is 0.274 e. The Labute approximate surface area is 232 Å². The Morgan fingerprint density at radius 2 is 1.73 bits per heavy atom. The summed E-state index contributed by atoms with van der Waals surface area (Å²) in [6.45, 7) is 5.51. The maximum atomic E-state index is 13.4.